The van der Waals surface area contributed by atoms with Gasteiger partial charge < -0.3 is 19.3 Å². The normalized spacial score (nSPS) is 21.1. The molecule has 2 atom stereocenters. The van der Waals surface area contributed by atoms with Crippen LogP contribution in [0.4, 0.5) is 0 Å². The maximum Gasteiger partial charge on any atom is 0.246 e. The van der Waals surface area contributed by atoms with Crippen molar-refractivity contribution in [3.05, 3.63) is 23.8 Å². The van der Waals surface area contributed by atoms with Crippen LogP contribution < -0.4 is 9.47 Å². The smallest absolute Gasteiger partial charge is 0.246 e. The first-order valence-corrected chi connectivity index (χ1v) is 11.8. The zero-order valence-corrected chi connectivity index (χ0v) is 19.5. The first kappa shape index (κ1) is 22.8. The molecule has 0 aromatic heterocycles. The van der Waals surface area contributed by atoms with Crippen molar-refractivity contribution in [1.82, 2.24) is 9.80 Å². The summed E-state index contributed by atoms with van der Waals surface area (Å²) >= 11 is 1.76. The van der Waals surface area contributed by atoms with E-state index in [1.165, 1.54) is 0 Å². The molecule has 1 aromatic carbocycles. The standard InChI is InChI=1S/C23H34N2O4S/c1-15(2)12-21-25(22(26)17-7-8-17)18(14-30-21)23(27)24(3)11-10-16-6-9-19(28-4)20(13-16)29-5/h6,9,13,15,17-18,21H,7-8,10-12,14H2,1-5H3. The van der Waals surface area contributed by atoms with Crippen molar-refractivity contribution >= 4 is 23.6 Å². The van der Waals surface area contributed by atoms with Crippen LogP contribution in [0.3, 0.4) is 0 Å². The molecule has 6 nitrogen and oxygen atoms in total. The second kappa shape index (κ2) is 9.94. The van der Waals surface area contributed by atoms with Gasteiger partial charge in [0.1, 0.15) is 6.04 Å². The van der Waals surface area contributed by atoms with Crippen LogP contribution in [0.5, 0.6) is 11.5 Å². The summed E-state index contributed by atoms with van der Waals surface area (Å²) in [6.07, 6.45) is 3.58. The lowest BCUT2D eigenvalue weighted by Gasteiger charge is -2.32. The lowest BCUT2D eigenvalue weighted by Crippen LogP contribution is -2.51. The fraction of sp³-hybridized carbons (Fsp3) is 0.652. The molecule has 1 saturated heterocycles. The Balaban J connectivity index is 1.64. The van der Waals surface area contributed by atoms with Gasteiger partial charge in [0.05, 0.1) is 19.6 Å². The molecule has 2 amide bonds. The summed E-state index contributed by atoms with van der Waals surface area (Å²) in [5.41, 5.74) is 1.08. The molecule has 1 heterocycles. The predicted molar refractivity (Wildman–Crippen MR) is 120 cm³/mol. The Hall–Kier alpha value is -1.89. The maximum atomic E-state index is 13.3. The summed E-state index contributed by atoms with van der Waals surface area (Å²) in [4.78, 5) is 29.9. The van der Waals surface area contributed by atoms with Gasteiger partial charge >= 0.3 is 0 Å². The Morgan fingerprint density at radius 2 is 1.90 bits per heavy atom. The third kappa shape index (κ3) is 5.23. The number of hydrogen-bond acceptors (Lipinski definition) is 5. The second-order valence-corrected chi connectivity index (χ2v) is 9.86. The lowest BCUT2D eigenvalue weighted by atomic mass is 10.1. The molecule has 3 rings (SSSR count). The van der Waals surface area contributed by atoms with Crippen molar-refractivity contribution in [1.29, 1.82) is 0 Å². The van der Waals surface area contributed by atoms with E-state index in [0.29, 0.717) is 36.1 Å². The average molecular weight is 435 g/mol. The number of hydrogen-bond donors (Lipinski definition) is 0. The van der Waals surface area contributed by atoms with E-state index in [1.54, 1.807) is 30.9 Å². The highest BCUT2D eigenvalue weighted by Gasteiger charge is 2.46. The Labute approximate surface area is 184 Å². The highest BCUT2D eigenvalue weighted by molar-refractivity contribution is 8.00. The number of amides is 2. The Morgan fingerprint density at radius 1 is 1.20 bits per heavy atom. The van der Waals surface area contributed by atoms with Gasteiger partial charge in [-0.2, -0.15) is 0 Å². The van der Waals surface area contributed by atoms with E-state index < -0.39 is 0 Å². The summed E-state index contributed by atoms with van der Waals surface area (Å²) in [7, 11) is 5.07. The van der Waals surface area contributed by atoms with Crippen LogP contribution in [0.2, 0.25) is 0 Å². The van der Waals surface area contributed by atoms with Gasteiger partial charge in [0, 0.05) is 25.3 Å². The SMILES string of the molecule is COc1ccc(CCN(C)C(=O)C2CSC(CC(C)C)N2C(=O)C2CC2)cc1OC. The third-order valence-corrected chi connectivity index (χ3v) is 7.10. The van der Waals surface area contributed by atoms with Crippen molar-refractivity contribution in [3.8, 4) is 11.5 Å². The predicted octanol–water partition coefficient (Wildman–Crippen LogP) is 3.43. The molecule has 1 aliphatic carbocycles. The van der Waals surface area contributed by atoms with Gasteiger partial charge in [0.25, 0.3) is 0 Å². The number of methoxy groups -OCH3 is 2. The fourth-order valence-corrected chi connectivity index (χ4v) is 5.51. The molecule has 1 aromatic rings. The minimum atomic E-state index is -0.345. The highest BCUT2D eigenvalue weighted by atomic mass is 32.2. The van der Waals surface area contributed by atoms with Crippen molar-refractivity contribution in [2.75, 3.05) is 33.6 Å². The molecule has 1 aliphatic heterocycles. The Morgan fingerprint density at radius 3 is 2.50 bits per heavy atom. The number of thioether (sulfide) groups is 1. The van der Waals surface area contributed by atoms with Crippen molar-refractivity contribution in [2.24, 2.45) is 11.8 Å². The summed E-state index contributed by atoms with van der Waals surface area (Å²) < 4.78 is 10.7. The molecule has 2 unspecified atom stereocenters. The van der Waals surface area contributed by atoms with Gasteiger partial charge in [-0.1, -0.05) is 19.9 Å². The van der Waals surface area contributed by atoms with E-state index >= 15 is 0 Å². The van der Waals surface area contributed by atoms with Crippen molar-refractivity contribution in [2.45, 2.75) is 50.9 Å². The zero-order chi connectivity index (χ0) is 21.8. The van der Waals surface area contributed by atoms with Gasteiger partial charge in [-0.05, 0) is 49.3 Å². The zero-order valence-electron chi connectivity index (χ0n) is 18.7. The van der Waals surface area contributed by atoms with Gasteiger partial charge in [-0.3, -0.25) is 9.59 Å². The van der Waals surface area contributed by atoms with E-state index in [-0.39, 0.29) is 29.1 Å². The molecular formula is C23H34N2O4S. The summed E-state index contributed by atoms with van der Waals surface area (Å²) in [5, 5.41) is 0.117. The number of ether oxygens (including phenoxy) is 2. The molecule has 1 saturated carbocycles. The molecule has 2 aliphatic rings. The number of nitrogens with zero attached hydrogens (tertiary/aromatic N) is 2. The van der Waals surface area contributed by atoms with Gasteiger partial charge in [-0.15, -0.1) is 11.8 Å². The molecule has 0 radical (unpaired) electrons. The van der Waals surface area contributed by atoms with Gasteiger partial charge in [-0.25, -0.2) is 0 Å². The summed E-state index contributed by atoms with van der Waals surface area (Å²) in [6, 6.07) is 5.48. The molecule has 2 fully saturated rings. The summed E-state index contributed by atoms with van der Waals surface area (Å²) in [6.45, 7) is 4.94. The Bertz CT molecular complexity index is 766. The number of rotatable bonds is 9. The molecule has 7 heteroatoms. The van der Waals surface area contributed by atoms with Crippen molar-refractivity contribution in [3.63, 3.8) is 0 Å². The number of benzene rings is 1. The van der Waals surface area contributed by atoms with Crippen LogP contribution in [0.25, 0.3) is 0 Å². The first-order valence-electron chi connectivity index (χ1n) is 10.7. The van der Waals surface area contributed by atoms with E-state index in [0.717, 1.165) is 24.8 Å². The Kier molecular flexibility index (Phi) is 7.55. The quantitative estimate of drug-likeness (QED) is 0.596. The minimum Gasteiger partial charge on any atom is -0.493 e. The van der Waals surface area contributed by atoms with Crippen LogP contribution in [0.15, 0.2) is 18.2 Å². The topological polar surface area (TPSA) is 59.1 Å². The van der Waals surface area contributed by atoms with E-state index in [2.05, 4.69) is 13.8 Å². The first-order chi connectivity index (χ1) is 14.3. The van der Waals surface area contributed by atoms with E-state index in [4.69, 9.17) is 9.47 Å². The van der Waals surface area contributed by atoms with Crippen molar-refractivity contribution < 1.29 is 19.1 Å². The summed E-state index contributed by atoms with van der Waals surface area (Å²) in [5.74, 6) is 2.92. The highest BCUT2D eigenvalue weighted by Crippen LogP contribution is 2.40. The monoisotopic (exact) mass is 434 g/mol. The number of likely N-dealkylation sites (N-methyl/N-ethyl adjacent to an activating group) is 1. The average Bonchev–Trinajstić information content (AvgIpc) is 3.51. The fourth-order valence-electron chi connectivity index (χ4n) is 3.87. The minimum absolute atomic E-state index is 0.0447. The molecule has 0 spiro atoms. The number of carbonyl (C=O) groups excluding carboxylic acids is 2. The third-order valence-electron chi connectivity index (χ3n) is 5.79. The van der Waals surface area contributed by atoms with Crippen LogP contribution in [0, 0.1) is 11.8 Å². The molecule has 166 valence electrons. The largest absolute Gasteiger partial charge is 0.493 e. The second-order valence-electron chi connectivity index (χ2n) is 8.65. The molecule has 30 heavy (non-hydrogen) atoms. The maximum absolute atomic E-state index is 13.3. The number of carbonyl (C=O) groups is 2. The van der Waals surface area contributed by atoms with E-state index in [1.807, 2.05) is 30.1 Å². The van der Waals surface area contributed by atoms with Crippen LogP contribution >= 0.6 is 11.8 Å². The molecular weight excluding hydrogens is 400 g/mol. The molecule has 0 bridgehead atoms. The van der Waals surface area contributed by atoms with Gasteiger partial charge in [0.2, 0.25) is 11.8 Å². The van der Waals surface area contributed by atoms with Crippen LogP contribution in [0.1, 0.15) is 38.7 Å². The van der Waals surface area contributed by atoms with E-state index in [9.17, 15) is 9.59 Å². The molecule has 0 N–H and O–H groups in total. The lowest BCUT2D eigenvalue weighted by molar-refractivity contribution is -0.145. The van der Waals surface area contributed by atoms with Crippen LogP contribution in [-0.2, 0) is 16.0 Å². The van der Waals surface area contributed by atoms with Gasteiger partial charge in [0.15, 0.2) is 11.5 Å². The van der Waals surface area contributed by atoms with Crippen LogP contribution in [-0.4, -0.2) is 66.6 Å².